The molecule has 0 aliphatic rings. The minimum Gasteiger partial charge on any atom is -0.496 e. The molecule has 0 spiro atoms. The molecular formula is C19H26N3OS+. The molecule has 0 saturated carbocycles. The van der Waals surface area contributed by atoms with Crippen molar-refractivity contribution in [2.45, 2.75) is 13.0 Å². The molecule has 3 N–H and O–H groups in total. The summed E-state index contributed by atoms with van der Waals surface area (Å²) in [5.74, 6) is 0.905. The zero-order valence-corrected chi connectivity index (χ0v) is 15.5. The molecule has 1 atom stereocenters. The number of thiocarbonyl (C=S) groups is 1. The predicted molar refractivity (Wildman–Crippen MR) is 104 cm³/mol. The SMILES string of the molecule is COc1ccccc1[C@@H](CNC(=S)Nc1ccc(C)cc1)[NH+](C)C. The standard InChI is InChI=1S/C19H25N3OS/c1-14-9-11-15(12-10-14)21-19(24)20-13-17(22(2)3)16-7-5-6-8-18(16)23-4/h5-12,17H,13H2,1-4H3,(H2,20,21,24)/p+1/t17-/m1/s1. The highest BCUT2D eigenvalue weighted by atomic mass is 32.1. The largest absolute Gasteiger partial charge is 0.496 e. The first-order valence-electron chi connectivity index (χ1n) is 8.05. The van der Waals surface area contributed by atoms with Crippen LogP contribution in [0.3, 0.4) is 0 Å². The summed E-state index contributed by atoms with van der Waals surface area (Å²) in [5.41, 5.74) is 3.39. The van der Waals surface area contributed by atoms with Crippen LogP contribution in [0.25, 0.3) is 0 Å². The van der Waals surface area contributed by atoms with Crippen molar-refractivity contribution >= 4 is 23.0 Å². The molecule has 0 aliphatic heterocycles. The third-order valence-electron chi connectivity index (χ3n) is 3.99. The van der Waals surface area contributed by atoms with Crippen LogP contribution in [0.15, 0.2) is 48.5 Å². The van der Waals surface area contributed by atoms with E-state index in [1.54, 1.807) is 7.11 Å². The van der Waals surface area contributed by atoms with E-state index in [0.29, 0.717) is 5.11 Å². The summed E-state index contributed by atoms with van der Waals surface area (Å²) in [6.45, 7) is 2.79. The highest BCUT2D eigenvalue weighted by molar-refractivity contribution is 7.80. The van der Waals surface area contributed by atoms with Gasteiger partial charge in [-0.05, 0) is 43.4 Å². The third-order valence-corrected chi connectivity index (χ3v) is 4.23. The number of nitrogens with one attached hydrogen (secondary N) is 3. The molecule has 128 valence electrons. The van der Waals surface area contributed by atoms with Gasteiger partial charge < -0.3 is 20.3 Å². The lowest BCUT2D eigenvalue weighted by Crippen LogP contribution is -3.07. The number of anilines is 1. The number of rotatable bonds is 6. The summed E-state index contributed by atoms with van der Waals surface area (Å²) in [6.07, 6.45) is 0. The second-order valence-corrected chi connectivity index (χ2v) is 6.48. The van der Waals surface area contributed by atoms with Gasteiger partial charge in [0.15, 0.2) is 5.11 Å². The number of hydrogen-bond acceptors (Lipinski definition) is 2. The maximum absolute atomic E-state index is 5.50. The van der Waals surface area contributed by atoms with E-state index in [1.165, 1.54) is 16.0 Å². The molecular weight excluding hydrogens is 318 g/mol. The third kappa shape index (κ3) is 4.94. The molecule has 0 aromatic heterocycles. The van der Waals surface area contributed by atoms with Crippen molar-refractivity contribution in [1.29, 1.82) is 0 Å². The van der Waals surface area contributed by atoms with Crippen LogP contribution in [-0.2, 0) is 0 Å². The highest BCUT2D eigenvalue weighted by Gasteiger charge is 2.21. The molecule has 0 unspecified atom stereocenters. The molecule has 0 saturated heterocycles. The van der Waals surface area contributed by atoms with Crippen LogP contribution in [0.1, 0.15) is 17.2 Å². The van der Waals surface area contributed by atoms with Gasteiger partial charge in [0.2, 0.25) is 0 Å². The fraction of sp³-hybridized carbons (Fsp3) is 0.316. The molecule has 0 fully saturated rings. The van der Waals surface area contributed by atoms with E-state index in [2.05, 4.69) is 49.9 Å². The number of hydrogen-bond donors (Lipinski definition) is 3. The Bertz CT molecular complexity index is 671. The highest BCUT2D eigenvalue weighted by Crippen LogP contribution is 2.22. The molecule has 24 heavy (non-hydrogen) atoms. The molecule has 2 aromatic rings. The number of para-hydroxylation sites is 1. The summed E-state index contributed by atoms with van der Waals surface area (Å²) in [7, 11) is 5.97. The van der Waals surface area contributed by atoms with Crippen molar-refractivity contribution in [2.24, 2.45) is 0 Å². The van der Waals surface area contributed by atoms with Gasteiger partial charge in [-0.15, -0.1) is 0 Å². The molecule has 0 bridgehead atoms. The number of likely N-dealkylation sites (N-methyl/N-ethyl adjacent to an activating group) is 1. The maximum Gasteiger partial charge on any atom is 0.171 e. The zero-order chi connectivity index (χ0) is 17.5. The van der Waals surface area contributed by atoms with Gasteiger partial charge in [0, 0.05) is 5.69 Å². The summed E-state index contributed by atoms with van der Waals surface area (Å²) >= 11 is 5.42. The van der Waals surface area contributed by atoms with Crippen LogP contribution in [0.5, 0.6) is 5.75 Å². The normalized spacial score (nSPS) is 11.9. The van der Waals surface area contributed by atoms with Gasteiger partial charge in [-0.25, -0.2) is 0 Å². The Balaban J connectivity index is 2.01. The zero-order valence-electron chi connectivity index (χ0n) is 14.7. The van der Waals surface area contributed by atoms with Crippen molar-refractivity contribution < 1.29 is 9.64 Å². The second-order valence-electron chi connectivity index (χ2n) is 6.07. The Labute approximate surface area is 149 Å². The minimum atomic E-state index is 0.235. The van der Waals surface area contributed by atoms with Crippen molar-refractivity contribution in [2.75, 3.05) is 33.1 Å². The number of quaternary nitrogens is 1. The second kappa shape index (κ2) is 8.66. The molecule has 2 rings (SSSR count). The number of methoxy groups -OCH3 is 1. The van der Waals surface area contributed by atoms with Crippen LogP contribution >= 0.6 is 12.2 Å². The van der Waals surface area contributed by atoms with E-state index in [9.17, 15) is 0 Å². The quantitative estimate of drug-likeness (QED) is 0.702. The van der Waals surface area contributed by atoms with Crippen LogP contribution in [0.2, 0.25) is 0 Å². The Hall–Kier alpha value is -2.11. The fourth-order valence-corrected chi connectivity index (χ4v) is 2.79. The first-order chi connectivity index (χ1) is 11.5. The monoisotopic (exact) mass is 344 g/mol. The molecule has 2 aromatic carbocycles. The Morgan fingerprint density at radius 1 is 1.12 bits per heavy atom. The topological polar surface area (TPSA) is 37.7 Å². The predicted octanol–water partition coefficient (Wildman–Crippen LogP) is 2.18. The lowest BCUT2D eigenvalue weighted by atomic mass is 10.0. The first kappa shape index (κ1) is 18.2. The van der Waals surface area contributed by atoms with Crippen molar-refractivity contribution in [3.63, 3.8) is 0 Å². The molecule has 0 aliphatic carbocycles. The molecule has 4 nitrogen and oxygen atoms in total. The van der Waals surface area contributed by atoms with Crippen LogP contribution in [-0.4, -0.2) is 32.9 Å². The lowest BCUT2D eigenvalue weighted by Gasteiger charge is -2.24. The molecule has 0 heterocycles. The van der Waals surface area contributed by atoms with Gasteiger partial charge in [0.05, 0.1) is 33.3 Å². The number of ether oxygens (including phenoxy) is 1. The van der Waals surface area contributed by atoms with E-state index in [0.717, 1.165) is 18.0 Å². The van der Waals surface area contributed by atoms with E-state index in [-0.39, 0.29) is 6.04 Å². The van der Waals surface area contributed by atoms with E-state index in [4.69, 9.17) is 17.0 Å². The fourth-order valence-electron chi connectivity index (χ4n) is 2.59. The van der Waals surface area contributed by atoms with E-state index < -0.39 is 0 Å². The summed E-state index contributed by atoms with van der Waals surface area (Å²) < 4.78 is 5.50. The van der Waals surface area contributed by atoms with Gasteiger partial charge in [0.25, 0.3) is 0 Å². The van der Waals surface area contributed by atoms with E-state index in [1.807, 2.05) is 30.3 Å². The van der Waals surface area contributed by atoms with Gasteiger partial charge in [-0.1, -0.05) is 29.8 Å². The molecule has 0 amide bonds. The smallest absolute Gasteiger partial charge is 0.171 e. The first-order valence-corrected chi connectivity index (χ1v) is 8.46. The average Bonchev–Trinajstić information content (AvgIpc) is 2.57. The van der Waals surface area contributed by atoms with Gasteiger partial charge in [-0.2, -0.15) is 0 Å². The summed E-state index contributed by atoms with van der Waals surface area (Å²) in [5, 5.41) is 7.17. The van der Waals surface area contributed by atoms with Crippen LogP contribution < -0.4 is 20.3 Å². The number of benzene rings is 2. The summed E-state index contributed by atoms with van der Waals surface area (Å²) in [6, 6.07) is 16.5. The molecule has 0 radical (unpaired) electrons. The van der Waals surface area contributed by atoms with Gasteiger partial charge in [0.1, 0.15) is 11.8 Å². The van der Waals surface area contributed by atoms with Crippen molar-refractivity contribution in [3.8, 4) is 5.75 Å². The van der Waals surface area contributed by atoms with E-state index >= 15 is 0 Å². The number of aryl methyl sites for hydroxylation is 1. The van der Waals surface area contributed by atoms with Crippen LogP contribution in [0.4, 0.5) is 5.69 Å². The maximum atomic E-state index is 5.50. The molecule has 5 heteroatoms. The average molecular weight is 345 g/mol. The Morgan fingerprint density at radius 3 is 2.42 bits per heavy atom. The van der Waals surface area contributed by atoms with Crippen LogP contribution in [0, 0.1) is 6.92 Å². The van der Waals surface area contributed by atoms with Gasteiger partial charge in [-0.3, -0.25) is 0 Å². The lowest BCUT2D eigenvalue weighted by molar-refractivity contribution is -0.890. The Morgan fingerprint density at radius 2 is 1.79 bits per heavy atom. The minimum absolute atomic E-state index is 0.235. The van der Waals surface area contributed by atoms with Crippen molar-refractivity contribution in [1.82, 2.24) is 5.32 Å². The van der Waals surface area contributed by atoms with Gasteiger partial charge >= 0.3 is 0 Å². The van der Waals surface area contributed by atoms with Crippen molar-refractivity contribution in [3.05, 3.63) is 59.7 Å². The summed E-state index contributed by atoms with van der Waals surface area (Å²) in [4.78, 5) is 1.31. The Kier molecular flexibility index (Phi) is 6.58.